The lowest BCUT2D eigenvalue weighted by Gasteiger charge is -2.32. The van der Waals surface area contributed by atoms with E-state index < -0.39 is 0 Å². The van der Waals surface area contributed by atoms with Crippen molar-refractivity contribution < 1.29 is 4.79 Å². The quantitative estimate of drug-likeness (QED) is 0.735. The summed E-state index contributed by atoms with van der Waals surface area (Å²) >= 11 is 0. The molecule has 2 heterocycles. The van der Waals surface area contributed by atoms with Crippen LogP contribution in [0.1, 0.15) is 65.2 Å². The smallest absolute Gasteiger partial charge is 0.315 e. The summed E-state index contributed by atoms with van der Waals surface area (Å²) in [6.45, 7) is 6.69. The molecule has 116 valence electrons. The maximum atomic E-state index is 12.1. The first-order valence-corrected chi connectivity index (χ1v) is 8.51. The van der Waals surface area contributed by atoms with Crippen molar-refractivity contribution in [3.8, 4) is 0 Å². The van der Waals surface area contributed by atoms with Crippen LogP contribution in [0.15, 0.2) is 0 Å². The van der Waals surface area contributed by atoms with Gasteiger partial charge in [-0.05, 0) is 39.2 Å². The van der Waals surface area contributed by atoms with Gasteiger partial charge in [0.25, 0.3) is 0 Å². The van der Waals surface area contributed by atoms with E-state index in [1.165, 1.54) is 45.1 Å². The molecule has 0 aromatic carbocycles. The van der Waals surface area contributed by atoms with Gasteiger partial charge in [0.15, 0.2) is 0 Å². The first kappa shape index (κ1) is 15.6. The van der Waals surface area contributed by atoms with Gasteiger partial charge in [-0.25, -0.2) is 4.79 Å². The number of amides is 2. The molecule has 2 amide bonds. The van der Waals surface area contributed by atoms with Gasteiger partial charge in [-0.15, -0.1) is 0 Å². The number of hydrogen-bond acceptors (Lipinski definition) is 2. The van der Waals surface area contributed by atoms with E-state index in [2.05, 4.69) is 29.4 Å². The molecule has 4 heteroatoms. The lowest BCUT2D eigenvalue weighted by molar-refractivity contribution is 0.178. The highest BCUT2D eigenvalue weighted by Crippen LogP contribution is 2.26. The molecule has 3 atom stereocenters. The molecule has 3 unspecified atom stereocenters. The standard InChI is InChI=1S/C16H31N3O/c1-3-4-5-8-13(2)17-16(20)18-14-10-12-19-11-7-6-9-15(14)19/h13-15H,3-12H2,1-2H3,(H2,17,18,20). The van der Waals surface area contributed by atoms with E-state index in [0.717, 1.165) is 19.4 Å². The van der Waals surface area contributed by atoms with Crippen LogP contribution in [0.5, 0.6) is 0 Å². The van der Waals surface area contributed by atoms with Gasteiger partial charge in [-0.2, -0.15) is 0 Å². The van der Waals surface area contributed by atoms with E-state index in [-0.39, 0.29) is 12.1 Å². The van der Waals surface area contributed by atoms with Crippen molar-refractivity contribution in [2.24, 2.45) is 0 Å². The van der Waals surface area contributed by atoms with Crippen LogP contribution in [0, 0.1) is 0 Å². The number of rotatable bonds is 6. The molecule has 0 aromatic rings. The summed E-state index contributed by atoms with van der Waals surface area (Å²) in [6.07, 6.45) is 9.78. The van der Waals surface area contributed by atoms with Crippen molar-refractivity contribution in [2.75, 3.05) is 13.1 Å². The summed E-state index contributed by atoms with van der Waals surface area (Å²) in [4.78, 5) is 14.6. The van der Waals surface area contributed by atoms with Crippen molar-refractivity contribution >= 4 is 6.03 Å². The summed E-state index contributed by atoms with van der Waals surface area (Å²) in [6, 6.07) is 1.26. The zero-order valence-corrected chi connectivity index (χ0v) is 13.2. The predicted molar refractivity (Wildman–Crippen MR) is 82.9 cm³/mol. The molecule has 2 N–H and O–H groups in total. The maximum absolute atomic E-state index is 12.1. The first-order chi connectivity index (χ1) is 9.70. The van der Waals surface area contributed by atoms with Gasteiger partial charge < -0.3 is 10.6 Å². The number of unbranched alkanes of at least 4 members (excludes halogenated alkanes) is 2. The molecule has 0 aromatic heterocycles. The third-order valence-corrected chi connectivity index (χ3v) is 4.79. The number of nitrogens with one attached hydrogen (secondary N) is 2. The Morgan fingerprint density at radius 2 is 2.10 bits per heavy atom. The number of nitrogens with zero attached hydrogens (tertiary/aromatic N) is 1. The van der Waals surface area contributed by atoms with E-state index in [1.54, 1.807) is 0 Å². The fourth-order valence-corrected chi connectivity index (χ4v) is 3.62. The summed E-state index contributed by atoms with van der Waals surface area (Å²) in [5, 5.41) is 6.30. The van der Waals surface area contributed by atoms with Gasteiger partial charge in [0.1, 0.15) is 0 Å². The zero-order valence-electron chi connectivity index (χ0n) is 13.2. The molecule has 0 spiro atoms. The molecule has 2 saturated heterocycles. The second kappa shape index (κ2) is 7.87. The van der Waals surface area contributed by atoms with Crippen molar-refractivity contribution in [3.63, 3.8) is 0 Å². The van der Waals surface area contributed by atoms with Crippen LogP contribution in [0.2, 0.25) is 0 Å². The van der Waals surface area contributed by atoms with Gasteiger partial charge in [0.2, 0.25) is 0 Å². The van der Waals surface area contributed by atoms with Crippen molar-refractivity contribution in [3.05, 3.63) is 0 Å². The van der Waals surface area contributed by atoms with Crippen LogP contribution >= 0.6 is 0 Å². The largest absolute Gasteiger partial charge is 0.336 e. The number of carbonyl (C=O) groups is 1. The second-order valence-corrected chi connectivity index (χ2v) is 6.51. The fraction of sp³-hybridized carbons (Fsp3) is 0.938. The molecule has 2 fully saturated rings. The lowest BCUT2D eigenvalue weighted by atomic mass is 9.99. The van der Waals surface area contributed by atoms with Gasteiger partial charge >= 0.3 is 6.03 Å². The van der Waals surface area contributed by atoms with Gasteiger partial charge in [0, 0.05) is 24.7 Å². The van der Waals surface area contributed by atoms with E-state index in [0.29, 0.717) is 12.1 Å². The van der Waals surface area contributed by atoms with Gasteiger partial charge in [-0.3, -0.25) is 4.90 Å². The normalized spacial score (nSPS) is 27.9. The van der Waals surface area contributed by atoms with Crippen molar-refractivity contribution in [2.45, 2.75) is 83.3 Å². The van der Waals surface area contributed by atoms with Crippen LogP contribution in [0.25, 0.3) is 0 Å². The first-order valence-electron chi connectivity index (χ1n) is 8.51. The Hall–Kier alpha value is -0.770. The summed E-state index contributed by atoms with van der Waals surface area (Å²) < 4.78 is 0. The molecule has 4 nitrogen and oxygen atoms in total. The van der Waals surface area contributed by atoms with Gasteiger partial charge in [0.05, 0.1) is 0 Å². The maximum Gasteiger partial charge on any atom is 0.315 e. The molecule has 0 radical (unpaired) electrons. The lowest BCUT2D eigenvalue weighted by Crippen LogP contribution is -2.51. The molecular formula is C16H31N3O. The van der Waals surface area contributed by atoms with E-state index >= 15 is 0 Å². The molecule has 2 aliphatic rings. The Kier molecular flexibility index (Phi) is 6.14. The number of fused-ring (bicyclic) bond motifs is 1. The second-order valence-electron chi connectivity index (χ2n) is 6.51. The van der Waals surface area contributed by atoms with Crippen LogP contribution in [0.4, 0.5) is 4.79 Å². The van der Waals surface area contributed by atoms with Gasteiger partial charge in [-0.1, -0.05) is 32.6 Å². The Morgan fingerprint density at radius 3 is 2.90 bits per heavy atom. The minimum atomic E-state index is 0.0337. The third-order valence-electron chi connectivity index (χ3n) is 4.79. The van der Waals surface area contributed by atoms with Crippen molar-refractivity contribution in [1.29, 1.82) is 0 Å². The van der Waals surface area contributed by atoms with E-state index in [4.69, 9.17) is 0 Å². The van der Waals surface area contributed by atoms with Crippen LogP contribution in [-0.4, -0.2) is 42.1 Å². The molecule has 2 aliphatic heterocycles. The number of piperidine rings is 1. The average Bonchev–Trinajstić information content (AvgIpc) is 2.82. The Bertz CT molecular complexity index is 308. The van der Waals surface area contributed by atoms with Crippen molar-refractivity contribution in [1.82, 2.24) is 15.5 Å². The van der Waals surface area contributed by atoms with E-state index in [9.17, 15) is 4.79 Å². The molecule has 0 saturated carbocycles. The highest BCUT2D eigenvalue weighted by molar-refractivity contribution is 5.74. The number of urea groups is 1. The monoisotopic (exact) mass is 281 g/mol. The van der Waals surface area contributed by atoms with Crippen LogP contribution < -0.4 is 10.6 Å². The third kappa shape index (κ3) is 4.37. The number of carbonyl (C=O) groups excluding carboxylic acids is 1. The average molecular weight is 281 g/mol. The highest BCUT2D eigenvalue weighted by atomic mass is 16.2. The Balaban J connectivity index is 1.69. The minimum Gasteiger partial charge on any atom is -0.336 e. The zero-order chi connectivity index (χ0) is 14.4. The topological polar surface area (TPSA) is 44.4 Å². The minimum absolute atomic E-state index is 0.0337. The fourth-order valence-electron chi connectivity index (χ4n) is 3.62. The van der Waals surface area contributed by atoms with Crippen LogP contribution in [0.3, 0.4) is 0 Å². The molecule has 0 bridgehead atoms. The number of hydrogen-bond donors (Lipinski definition) is 2. The Morgan fingerprint density at radius 1 is 1.25 bits per heavy atom. The summed E-state index contributed by atoms with van der Waals surface area (Å²) in [7, 11) is 0. The van der Waals surface area contributed by atoms with Crippen LogP contribution in [-0.2, 0) is 0 Å². The highest BCUT2D eigenvalue weighted by Gasteiger charge is 2.36. The Labute approximate surface area is 123 Å². The SMILES string of the molecule is CCCCCC(C)NC(=O)NC1CCN2CCCCC12. The summed E-state index contributed by atoms with van der Waals surface area (Å²) in [5.74, 6) is 0. The predicted octanol–water partition coefficient (Wildman–Crippen LogP) is 2.88. The molecule has 20 heavy (non-hydrogen) atoms. The van der Waals surface area contributed by atoms with E-state index in [1.807, 2.05) is 0 Å². The molecular weight excluding hydrogens is 250 g/mol. The summed E-state index contributed by atoms with van der Waals surface area (Å²) in [5.41, 5.74) is 0. The molecule has 2 rings (SSSR count). The molecule has 0 aliphatic carbocycles.